The molecule has 1 saturated carbocycles. The standard InChI is InChI=1S/C14H27NO2S/c16-13(11-17-14-3-1-2-4-14)10-15-9-12-5-7-18-8-6-12/h12-16H,1-11H2. The summed E-state index contributed by atoms with van der Waals surface area (Å²) in [4.78, 5) is 0. The fraction of sp³-hybridized carbons (Fsp3) is 1.00. The molecule has 3 nitrogen and oxygen atoms in total. The van der Waals surface area contributed by atoms with Gasteiger partial charge in [0.15, 0.2) is 0 Å². The monoisotopic (exact) mass is 273 g/mol. The van der Waals surface area contributed by atoms with Gasteiger partial charge in [-0.05, 0) is 49.7 Å². The molecule has 4 heteroatoms. The third-order valence-corrected chi connectivity index (χ3v) is 5.03. The van der Waals surface area contributed by atoms with Crippen molar-refractivity contribution in [3.8, 4) is 0 Å². The quantitative estimate of drug-likeness (QED) is 0.745. The first-order valence-electron chi connectivity index (χ1n) is 7.42. The van der Waals surface area contributed by atoms with Crippen molar-refractivity contribution in [3.05, 3.63) is 0 Å². The first-order chi connectivity index (χ1) is 8.84. The third-order valence-electron chi connectivity index (χ3n) is 3.98. The molecule has 1 saturated heterocycles. The molecule has 0 bridgehead atoms. The second-order valence-corrected chi connectivity index (χ2v) is 6.83. The fourth-order valence-electron chi connectivity index (χ4n) is 2.77. The Hall–Kier alpha value is 0.230. The van der Waals surface area contributed by atoms with Crippen molar-refractivity contribution in [1.29, 1.82) is 0 Å². The van der Waals surface area contributed by atoms with Crippen LogP contribution in [0.2, 0.25) is 0 Å². The number of aliphatic hydroxyl groups excluding tert-OH is 1. The Bertz CT molecular complexity index is 216. The van der Waals surface area contributed by atoms with Crippen molar-refractivity contribution in [2.75, 3.05) is 31.2 Å². The van der Waals surface area contributed by atoms with Crippen LogP contribution in [-0.2, 0) is 4.74 Å². The lowest BCUT2D eigenvalue weighted by atomic mass is 10.0. The zero-order chi connectivity index (χ0) is 12.6. The van der Waals surface area contributed by atoms with E-state index in [-0.39, 0.29) is 6.10 Å². The average Bonchev–Trinajstić information content (AvgIpc) is 2.91. The molecule has 2 fully saturated rings. The van der Waals surface area contributed by atoms with Gasteiger partial charge in [-0.15, -0.1) is 0 Å². The van der Waals surface area contributed by atoms with E-state index in [9.17, 15) is 5.11 Å². The van der Waals surface area contributed by atoms with Crippen LogP contribution in [0.4, 0.5) is 0 Å². The Morgan fingerprint density at radius 2 is 1.89 bits per heavy atom. The van der Waals surface area contributed by atoms with Gasteiger partial charge in [0.05, 0.1) is 18.8 Å². The molecule has 2 N–H and O–H groups in total. The van der Waals surface area contributed by atoms with E-state index in [2.05, 4.69) is 17.1 Å². The summed E-state index contributed by atoms with van der Waals surface area (Å²) in [5.41, 5.74) is 0. The van der Waals surface area contributed by atoms with Gasteiger partial charge in [-0.1, -0.05) is 12.8 Å². The second-order valence-electron chi connectivity index (χ2n) is 5.61. The van der Waals surface area contributed by atoms with Crippen LogP contribution in [0, 0.1) is 5.92 Å². The molecule has 106 valence electrons. The molecule has 1 atom stereocenters. The van der Waals surface area contributed by atoms with Crippen LogP contribution < -0.4 is 5.32 Å². The first-order valence-corrected chi connectivity index (χ1v) is 8.58. The van der Waals surface area contributed by atoms with E-state index in [4.69, 9.17) is 4.74 Å². The lowest BCUT2D eigenvalue weighted by Crippen LogP contribution is -2.35. The molecular weight excluding hydrogens is 246 g/mol. The summed E-state index contributed by atoms with van der Waals surface area (Å²) in [6, 6.07) is 0. The maximum absolute atomic E-state index is 9.85. The molecule has 0 radical (unpaired) electrons. The molecule has 0 aromatic heterocycles. The summed E-state index contributed by atoms with van der Waals surface area (Å²) in [5.74, 6) is 3.42. The molecule has 1 aliphatic carbocycles. The van der Waals surface area contributed by atoms with Gasteiger partial charge in [-0.3, -0.25) is 0 Å². The molecular formula is C14H27NO2S. The highest BCUT2D eigenvalue weighted by Crippen LogP contribution is 2.22. The topological polar surface area (TPSA) is 41.5 Å². The van der Waals surface area contributed by atoms with Gasteiger partial charge in [-0.2, -0.15) is 11.8 Å². The van der Waals surface area contributed by atoms with Crippen molar-refractivity contribution < 1.29 is 9.84 Å². The van der Waals surface area contributed by atoms with Gasteiger partial charge in [0.25, 0.3) is 0 Å². The average molecular weight is 273 g/mol. The van der Waals surface area contributed by atoms with Crippen LogP contribution in [0.3, 0.4) is 0 Å². The predicted octanol–water partition coefficient (Wildman–Crippen LogP) is 2.04. The van der Waals surface area contributed by atoms with E-state index < -0.39 is 0 Å². The fourth-order valence-corrected chi connectivity index (χ4v) is 3.97. The van der Waals surface area contributed by atoms with E-state index in [1.54, 1.807) is 0 Å². The number of ether oxygens (including phenoxy) is 1. The summed E-state index contributed by atoms with van der Waals surface area (Å²) in [5, 5.41) is 13.2. The lowest BCUT2D eigenvalue weighted by molar-refractivity contribution is -0.00563. The predicted molar refractivity (Wildman–Crippen MR) is 77.1 cm³/mol. The van der Waals surface area contributed by atoms with Crippen LogP contribution in [0.5, 0.6) is 0 Å². The molecule has 2 aliphatic rings. The Kier molecular flexibility index (Phi) is 6.84. The zero-order valence-electron chi connectivity index (χ0n) is 11.3. The van der Waals surface area contributed by atoms with Gasteiger partial charge >= 0.3 is 0 Å². The number of thioether (sulfide) groups is 1. The van der Waals surface area contributed by atoms with Gasteiger partial charge in [0.1, 0.15) is 0 Å². The maximum Gasteiger partial charge on any atom is 0.0897 e. The molecule has 1 aliphatic heterocycles. The number of hydrogen-bond donors (Lipinski definition) is 2. The molecule has 1 heterocycles. The Balaban J connectivity index is 1.47. The summed E-state index contributed by atoms with van der Waals surface area (Å²) < 4.78 is 5.71. The highest BCUT2D eigenvalue weighted by Gasteiger charge is 2.17. The molecule has 1 unspecified atom stereocenters. The summed E-state index contributed by atoms with van der Waals surface area (Å²) in [6.45, 7) is 2.23. The van der Waals surface area contributed by atoms with Crippen LogP contribution in [0.25, 0.3) is 0 Å². The van der Waals surface area contributed by atoms with E-state index in [0.717, 1.165) is 12.5 Å². The number of nitrogens with one attached hydrogen (secondary N) is 1. The Morgan fingerprint density at radius 3 is 2.61 bits per heavy atom. The van der Waals surface area contributed by atoms with E-state index in [1.165, 1.54) is 50.0 Å². The Labute approximate surface area is 115 Å². The van der Waals surface area contributed by atoms with Crippen molar-refractivity contribution in [1.82, 2.24) is 5.32 Å². The van der Waals surface area contributed by atoms with E-state index in [1.807, 2.05) is 0 Å². The molecule has 0 aromatic rings. The normalized spacial score (nSPS) is 24.5. The highest BCUT2D eigenvalue weighted by atomic mass is 32.2. The highest BCUT2D eigenvalue weighted by molar-refractivity contribution is 7.99. The van der Waals surface area contributed by atoms with Crippen LogP contribution in [-0.4, -0.2) is 48.5 Å². The van der Waals surface area contributed by atoms with Gasteiger partial charge < -0.3 is 15.2 Å². The van der Waals surface area contributed by atoms with Crippen LogP contribution in [0.15, 0.2) is 0 Å². The number of rotatable bonds is 7. The lowest BCUT2D eigenvalue weighted by Gasteiger charge is -2.22. The Morgan fingerprint density at radius 1 is 1.17 bits per heavy atom. The zero-order valence-corrected chi connectivity index (χ0v) is 12.1. The second kappa shape index (κ2) is 8.41. The summed E-state index contributed by atoms with van der Waals surface area (Å²) >= 11 is 2.06. The number of aliphatic hydroxyl groups is 1. The van der Waals surface area contributed by atoms with Gasteiger partial charge in [0, 0.05) is 6.54 Å². The minimum Gasteiger partial charge on any atom is -0.389 e. The third kappa shape index (κ3) is 5.47. The maximum atomic E-state index is 9.85. The molecule has 2 rings (SSSR count). The largest absolute Gasteiger partial charge is 0.389 e. The minimum atomic E-state index is -0.344. The number of hydrogen-bond acceptors (Lipinski definition) is 4. The summed E-state index contributed by atoms with van der Waals surface area (Å²) in [6.07, 6.45) is 7.66. The molecule has 18 heavy (non-hydrogen) atoms. The summed E-state index contributed by atoms with van der Waals surface area (Å²) in [7, 11) is 0. The smallest absolute Gasteiger partial charge is 0.0897 e. The van der Waals surface area contributed by atoms with Crippen molar-refractivity contribution >= 4 is 11.8 Å². The van der Waals surface area contributed by atoms with Crippen molar-refractivity contribution in [3.63, 3.8) is 0 Å². The van der Waals surface area contributed by atoms with E-state index >= 15 is 0 Å². The van der Waals surface area contributed by atoms with Crippen molar-refractivity contribution in [2.45, 2.75) is 50.7 Å². The van der Waals surface area contributed by atoms with Gasteiger partial charge in [0.2, 0.25) is 0 Å². The molecule has 0 aromatic carbocycles. The van der Waals surface area contributed by atoms with Crippen molar-refractivity contribution in [2.24, 2.45) is 5.92 Å². The van der Waals surface area contributed by atoms with Gasteiger partial charge in [-0.25, -0.2) is 0 Å². The van der Waals surface area contributed by atoms with Crippen LogP contribution in [0.1, 0.15) is 38.5 Å². The van der Waals surface area contributed by atoms with E-state index in [0.29, 0.717) is 19.3 Å². The molecule has 0 spiro atoms. The molecule has 0 amide bonds. The first kappa shape index (κ1) is 14.6. The van der Waals surface area contributed by atoms with Crippen LogP contribution >= 0.6 is 11.8 Å². The minimum absolute atomic E-state index is 0.344. The SMILES string of the molecule is OC(CNCC1CCSCC1)COC1CCCC1.